The molecule has 0 saturated carbocycles. The highest BCUT2D eigenvalue weighted by atomic mass is 19.1. The van der Waals surface area contributed by atoms with E-state index in [1.54, 1.807) is 12.1 Å². The first-order valence-electron chi connectivity index (χ1n) is 7.77. The van der Waals surface area contributed by atoms with E-state index in [0.717, 1.165) is 25.1 Å². The molecule has 2 N–H and O–H groups in total. The molecule has 0 bridgehead atoms. The Morgan fingerprint density at radius 1 is 1.26 bits per heavy atom. The van der Waals surface area contributed by atoms with E-state index in [2.05, 4.69) is 15.1 Å². The topological polar surface area (TPSA) is 80.5 Å². The molecule has 0 atom stereocenters. The van der Waals surface area contributed by atoms with Crippen molar-refractivity contribution in [3.8, 4) is 11.4 Å². The third-order valence-electron chi connectivity index (χ3n) is 3.48. The lowest BCUT2D eigenvalue weighted by atomic mass is 10.2. The molecule has 7 heteroatoms. The molecule has 0 spiro atoms. The van der Waals surface area contributed by atoms with Crippen molar-refractivity contribution in [3.63, 3.8) is 0 Å². The minimum Gasteiger partial charge on any atom is -0.370 e. The fourth-order valence-corrected chi connectivity index (χ4v) is 2.14. The van der Waals surface area contributed by atoms with E-state index in [4.69, 9.17) is 10.3 Å². The summed E-state index contributed by atoms with van der Waals surface area (Å²) in [5.74, 6) is 1.28. The van der Waals surface area contributed by atoms with Crippen molar-refractivity contribution in [2.45, 2.75) is 26.7 Å². The molecule has 0 fully saturated rings. The van der Waals surface area contributed by atoms with E-state index in [-0.39, 0.29) is 5.82 Å². The fraction of sp³-hybridized carbons (Fsp3) is 0.438. The monoisotopic (exact) mass is 319 g/mol. The third kappa shape index (κ3) is 4.77. The summed E-state index contributed by atoms with van der Waals surface area (Å²) in [5.41, 5.74) is 6.63. The van der Waals surface area contributed by atoms with E-state index in [1.807, 2.05) is 18.7 Å². The number of hydrogen-bond donors (Lipinski definition) is 1. The van der Waals surface area contributed by atoms with Crippen molar-refractivity contribution in [1.82, 2.24) is 15.0 Å². The Balaban J connectivity index is 1.85. The van der Waals surface area contributed by atoms with Gasteiger partial charge < -0.3 is 15.2 Å². The summed E-state index contributed by atoms with van der Waals surface area (Å²) in [5, 5.41) is 3.91. The maximum Gasteiger partial charge on any atom is 0.227 e. The van der Waals surface area contributed by atoms with Gasteiger partial charge in [-0.3, -0.25) is 4.99 Å². The van der Waals surface area contributed by atoms with Crippen LogP contribution in [0.5, 0.6) is 0 Å². The Bertz CT molecular complexity index is 634. The van der Waals surface area contributed by atoms with E-state index in [9.17, 15) is 4.39 Å². The van der Waals surface area contributed by atoms with Crippen LogP contribution in [0.3, 0.4) is 0 Å². The Hall–Kier alpha value is -2.44. The standard InChI is InChI=1S/C16H22FN5O/c1-3-22(4-2)16(18)19-11-5-6-14-20-15(21-23-14)12-7-9-13(17)10-8-12/h7-10H,3-6,11H2,1-2H3,(H2,18,19). The van der Waals surface area contributed by atoms with Crippen LogP contribution in [0, 0.1) is 5.82 Å². The van der Waals surface area contributed by atoms with Gasteiger partial charge in [0.1, 0.15) is 5.82 Å². The molecule has 1 heterocycles. The summed E-state index contributed by atoms with van der Waals surface area (Å²) in [6.07, 6.45) is 1.40. The second-order valence-corrected chi connectivity index (χ2v) is 5.03. The predicted molar refractivity (Wildman–Crippen MR) is 87.4 cm³/mol. The molecule has 0 saturated heterocycles. The highest BCUT2D eigenvalue weighted by molar-refractivity contribution is 5.77. The van der Waals surface area contributed by atoms with Gasteiger partial charge in [-0.15, -0.1) is 0 Å². The molecule has 0 radical (unpaired) electrons. The number of rotatable bonds is 7. The number of halogens is 1. The SMILES string of the molecule is CCN(CC)C(N)=NCCCc1nc(-c2ccc(F)cc2)no1. The third-order valence-corrected chi connectivity index (χ3v) is 3.48. The van der Waals surface area contributed by atoms with Gasteiger partial charge >= 0.3 is 0 Å². The van der Waals surface area contributed by atoms with Crippen LogP contribution in [-0.4, -0.2) is 40.6 Å². The Labute approximate surface area is 135 Å². The van der Waals surface area contributed by atoms with Crippen molar-refractivity contribution >= 4 is 5.96 Å². The summed E-state index contributed by atoms with van der Waals surface area (Å²) >= 11 is 0. The predicted octanol–water partition coefficient (Wildman–Crippen LogP) is 2.46. The average Bonchev–Trinajstić information content (AvgIpc) is 3.02. The number of nitrogens with zero attached hydrogens (tertiary/aromatic N) is 4. The molecule has 0 aliphatic rings. The molecule has 23 heavy (non-hydrogen) atoms. The second-order valence-electron chi connectivity index (χ2n) is 5.03. The Morgan fingerprint density at radius 3 is 2.61 bits per heavy atom. The molecule has 6 nitrogen and oxygen atoms in total. The van der Waals surface area contributed by atoms with Crippen LogP contribution < -0.4 is 5.73 Å². The first-order chi connectivity index (χ1) is 11.1. The first kappa shape index (κ1) is 16.9. The summed E-state index contributed by atoms with van der Waals surface area (Å²) < 4.78 is 18.1. The van der Waals surface area contributed by atoms with Gasteiger partial charge in [0.15, 0.2) is 5.96 Å². The maximum atomic E-state index is 12.9. The minimum absolute atomic E-state index is 0.291. The van der Waals surface area contributed by atoms with Gasteiger partial charge in [0.25, 0.3) is 0 Å². The molecule has 124 valence electrons. The van der Waals surface area contributed by atoms with Crippen LogP contribution in [0.25, 0.3) is 11.4 Å². The Kier molecular flexibility index (Phi) is 6.08. The molecular formula is C16H22FN5O. The zero-order valence-electron chi connectivity index (χ0n) is 13.5. The quantitative estimate of drug-likeness (QED) is 0.482. The summed E-state index contributed by atoms with van der Waals surface area (Å²) in [6.45, 7) is 6.38. The average molecular weight is 319 g/mol. The molecule has 2 aromatic rings. The van der Waals surface area contributed by atoms with Crippen LogP contribution in [0.4, 0.5) is 4.39 Å². The maximum absolute atomic E-state index is 12.9. The van der Waals surface area contributed by atoms with Gasteiger partial charge in [-0.05, 0) is 44.5 Å². The van der Waals surface area contributed by atoms with Crippen LogP contribution in [0.2, 0.25) is 0 Å². The normalized spacial score (nSPS) is 11.7. The highest BCUT2D eigenvalue weighted by Gasteiger charge is 2.08. The van der Waals surface area contributed by atoms with Gasteiger partial charge in [-0.25, -0.2) is 4.39 Å². The number of guanidine groups is 1. The van der Waals surface area contributed by atoms with Crippen molar-refractivity contribution in [2.75, 3.05) is 19.6 Å². The molecule has 0 amide bonds. The van der Waals surface area contributed by atoms with E-state index in [1.165, 1.54) is 12.1 Å². The van der Waals surface area contributed by atoms with Crippen molar-refractivity contribution < 1.29 is 8.91 Å². The van der Waals surface area contributed by atoms with Gasteiger partial charge in [-0.2, -0.15) is 4.98 Å². The highest BCUT2D eigenvalue weighted by Crippen LogP contribution is 2.16. The van der Waals surface area contributed by atoms with Crippen LogP contribution in [0.15, 0.2) is 33.8 Å². The molecule has 0 aliphatic heterocycles. The molecule has 1 aromatic heterocycles. The van der Waals surface area contributed by atoms with Crippen LogP contribution in [-0.2, 0) is 6.42 Å². The minimum atomic E-state index is -0.291. The van der Waals surface area contributed by atoms with Gasteiger partial charge in [0.2, 0.25) is 11.7 Å². The van der Waals surface area contributed by atoms with Gasteiger partial charge in [-0.1, -0.05) is 5.16 Å². The van der Waals surface area contributed by atoms with Gasteiger partial charge in [0, 0.05) is 31.6 Å². The largest absolute Gasteiger partial charge is 0.370 e. The van der Waals surface area contributed by atoms with Crippen molar-refractivity contribution in [2.24, 2.45) is 10.7 Å². The van der Waals surface area contributed by atoms with Crippen molar-refractivity contribution in [3.05, 3.63) is 36.0 Å². The van der Waals surface area contributed by atoms with E-state index >= 15 is 0 Å². The van der Waals surface area contributed by atoms with Crippen molar-refractivity contribution in [1.29, 1.82) is 0 Å². The van der Waals surface area contributed by atoms with E-state index in [0.29, 0.717) is 30.6 Å². The number of benzene rings is 1. The molecule has 0 unspecified atom stereocenters. The molecular weight excluding hydrogens is 297 g/mol. The number of aryl methyl sites for hydroxylation is 1. The number of aliphatic imine (C=N–C) groups is 1. The lowest BCUT2D eigenvalue weighted by Crippen LogP contribution is -2.37. The van der Waals surface area contributed by atoms with Crippen LogP contribution in [0.1, 0.15) is 26.2 Å². The van der Waals surface area contributed by atoms with Gasteiger partial charge in [0.05, 0.1) is 0 Å². The second kappa shape index (κ2) is 8.26. The number of aromatic nitrogens is 2. The molecule has 2 rings (SSSR count). The summed E-state index contributed by atoms with van der Waals surface area (Å²) in [4.78, 5) is 10.6. The lowest BCUT2D eigenvalue weighted by Gasteiger charge is -2.19. The molecule has 1 aromatic carbocycles. The zero-order chi connectivity index (χ0) is 16.7. The molecule has 0 aliphatic carbocycles. The zero-order valence-corrected chi connectivity index (χ0v) is 13.5. The Morgan fingerprint density at radius 2 is 1.96 bits per heavy atom. The first-order valence-corrected chi connectivity index (χ1v) is 7.77. The summed E-state index contributed by atoms with van der Waals surface area (Å²) in [7, 11) is 0. The lowest BCUT2D eigenvalue weighted by molar-refractivity contribution is 0.376. The summed E-state index contributed by atoms with van der Waals surface area (Å²) in [6, 6.07) is 5.99. The fourth-order valence-electron chi connectivity index (χ4n) is 2.14. The number of nitrogens with two attached hydrogens (primary N) is 1. The van der Waals surface area contributed by atoms with Crippen LogP contribution >= 0.6 is 0 Å². The smallest absolute Gasteiger partial charge is 0.227 e. The number of hydrogen-bond acceptors (Lipinski definition) is 4. The van der Waals surface area contributed by atoms with E-state index < -0.39 is 0 Å².